The van der Waals surface area contributed by atoms with Crippen LogP contribution in [0.3, 0.4) is 0 Å². The molecule has 0 unspecified atom stereocenters. The summed E-state index contributed by atoms with van der Waals surface area (Å²) in [4.78, 5) is 12.4. The van der Waals surface area contributed by atoms with Crippen LogP contribution in [0.4, 0.5) is 0 Å². The topological polar surface area (TPSA) is 37.3 Å². The summed E-state index contributed by atoms with van der Waals surface area (Å²) in [5, 5.41) is 10.5. The highest BCUT2D eigenvalue weighted by Crippen LogP contribution is 2.46. The number of alkyl halides is 2. The van der Waals surface area contributed by atoms with Crippen LogP contribution in [-0.4, -0.2) is 20.8 Å². The minimum Gasteiger partial charge on any atom is -0.386 e. The van der Waals surface area contributed by atoms with Gasteiger partial charge >= 0.3 is 0 Å². The van der Waals surface area contributed by atoms with Gasteiger partial charge in [0.25, 0.3) is 0 Å². The Bertz CT molecular complexity index is 460. The molecule has 0 aromatic heterocycles. The summed E-state index contributed by atoms with van der Waals surface area (Å²) in [5.74, 6) is -0.414. The Hall–Kier alpha value is -0.570. The Morgan fingerprint density at radius 2 is 1.79 bits per heavy atom. The second-order valence-corrected chi connectivity index (χ2v) is 6.52. The number of aryl methyl sites for hydroxylation is 1. The summed E-state index contributed by atoms with van der Waals surface area (Å²) >= 11 is 12.4. The highest BCUT2D eigenvalue weighted by molar-refractivity contribution is 6.60. The first-order valence-electron chi connectivity index (χ1n) is 6.64. The van der Waals surface area contributed by atoms with Crippen LogP contribution in [0.2, 0.25) is 0 Å². The van der Waals surface area contributed by atoms with Gasteiger partial charge in [-0.25, -0.2) is 0 Å². The average Bonchev–Trinajstić information content (AvgIpc) is 2.86. The van der Waals surface area contributed by atoms with Crippen LogP contribution in [0.15, 0.2) is 24.3 Å². The summed E-state index contributed by atoms with van der Waals surface area (Å²) in [5.41, 5.74) is 0.282. The standard InChI is InChI=1S/C15H18Cl2O2/c1-2-11-5-7-12(8-6-11)13(18)15(16,17)14(19)9-3-4-10-14/h5-8,19H,2-4,9-10H2,1H3. The Labute approximate surface area is 123 Å². The Kier molecular flexibility index (Phi) is 4.24. The van der Waals surface area contributed by atoms with Crippen LogP contribution < -0.4 is 0 Å². The van der Waals surface area contributed by atoms with Gasteiger partial charge in [-0.05, 0) is 24.8 Å². The van der Waals surface area contributed by atoms with E-state index in [-0.39, 0.29) is 0 Å². The fourth-order valence-electron chi connectivity index (χ4n) is 2.56. The van der Waals surface area contributed by atoms with Crippen LogP contribution in [0.1, 0.15) is 48.5 Å². The van der Waals surface area contributed by atoms with Gasteiger partial charge in [-0.3, -0.25) is 4.79 Å². The van der Waals surface area contributed by atoms with Gasteiger partial charge in [0.2, 0.25) is 10.1 Å². The number of rotatable bonds is 4. The molecule has 0 aliphatic heterocycles. The maximum atomic E-state index is 12.4. The second kappa shape index (κ2) is 5.43. The molecular formula is C15H18Cl2O2. The van der Waals surface area contributed by atoms with Crippen LogP contribution in [0, 0.1) is 0 Å². The molecule has 1 saturated carbocycles. The second-order valence-electron chi connectivity index (χ2n) is 5.19. The average molecular weight is 301 g/mol. The van der Waals surface area contributed by atoms with E-state index in [1.807, 2.05) is 19.1 Å². The molecule has 2 nitrogen and oxygen atoms in total. The van der Waals surface area contributed by atoms with Gasteiger partial charge in [0.1, 0.15) is 5.60 Å². The molecule has 4 heteroatoms. The number of carbonyl (C=O) groups excluding carboxylic acids is 1. The van der Waals surface area contributed by atoms with Crippen molar-refractivity contribution >= 4 is 29.0 Å². The predicted molar refractivity (Wildman–Crippen MR) is 78.0 cm³/mol. The molecule has 0 saturated heterocycles. The van der Waals surface area contributed by atoms with Crippen LogP contribution in [-0.2, 0) is 6.42 Å². The van der Waals surface area contributed by atoms with E-state index in [4.69, 9.17) is 23.2 Å². The van der Waals surface area contributed by atoms with E-state index in [0.717, 1.165) is 24.8 Å². The molecule has 1 aliphatic carbocycles. The largest absolute Gasteiger partial charge is 0.386 e. The molecule has 104 valence electrons. The molecule has 0 amide bonds. The Morgan fingerprint density at radius 3 is 2.26 bits per heavy atom. The third kappa shape index (κ3) is 2.67. The lowest BCUT2D eigenvalue weighted by Crippen LogP contribution is -2.49. The fourth-order valence-corrected chi connectivity index (χ4v) is 3.15. The summed E-state index contributed by atoms with van der Waals surface area (Å²) in [7, 11) is 0. The van der Waals surface area contributed by atoms with Gasteiger partial charge in [0.05, 0.1) is 0 Å². The Morgan fingerprint density at radius 1 is 1.26 bits per heavy atom. The van der Waals surface area contributed by atoms with E-state index in [9.17, 15) is 9.90 Å². The molecule has 0 atom stereocenters. The third-order valence-electron chi connectivity index (χ3n) is 3.92. The predicted octanol–water partition coefficient (Wildman–Crippen LogP) is 3.91. The van der Waals surface area contributed by atoms with Crippen molar-refractivity contribution < 1.29 is 9.90 Å². The lowest BCUT2D eigenvalue weighted by atomic mass is 9.90. The van der Waals surface area contributed by atoms with E-state index >= 15 is 0 Å². The number of carbonyl (C=O) groups is 1. The van der Waals surface area contributed by atoms with Gasteiger partial charge in [0.15, 0.2) is 0 Å². The molecule has 1 aromatic rings. The molecule has 2 rings (SSSR count). The third-order valence-corrected chi connectivity index (χ3v) is 4.97. The first-order valence-corrected chi connectivity index (χ1v) is 7.40. The van der Waals surface area contributed by atoms with Gasteiger partial charge < -0.3 is 5.11 Å². The maximum absolute atomic E-state index is 12.4. The van der Waals surface area contributed by atoms with Crippen molar-refractivity contribution in [2.75, 3.05) is 0 Å². The summed E-state index contributed by atoms with van der Waals surface area (Å²) in [6.07, 6.45) is 3.54. The SMILES string of the molecule is CCc1ccc(C(=O)C(Cl)(Cl)C2(O)CCCC2)cc1. The molecule has 1 aliphatic rings. The fraction of sp³-hybridized carbons (Fsp3) is 0.533. The molecule has 1 aromatic carbocycles. The molecule has 1 N–H and O–H groups in total. The van der Waals surface area contributed by atoms with Gasteiger partial charge in [-0.15, -0.1) is 0 Å². The van der Waals surface area contributed by atoms with E-state index in [2.05, 4.69) is 0 Å². The minimum atomic E-state index is -1.77. The number of hydrogen-bond acceptors (Lipinski definition) is 2. The van der Waals surface area contributed by atoms with Crippen LogP contribution >= 0.6 is 23.2 Å². The molecular weight excluding hydrogens is 283 g/mol. The van der Waals surface area contributed by atoms with E-state index < -0.39 is 15.7 Å². The molecule has 0 heterocycles. The number of benzene rings is 1. The first-order chi connectivity index (χ1) is 8.90. The van der Waals surface area contributed by atoms with Crippen molar-refractivity contribution in [3.05, 3.63) is 35.4 Å². The van der Waals surface area contributed by atoms with E-state index in [0.29, 0.717) is 18.4 Å². The van der Waals surface area contributed by atoms with Crippen LogP contribution in [0.25, 0.3) is 0 Å². The van der Waals surface area contributed by atoms with Gasteiger partial charge in [-0.1, -0.05) is 67.2 Å². The number of hydrogen-bond donors (Lipinski definition) is 1. The lowest BCUT2D eigenvalue weighted by molar-refractivity contribution is 0.0292. The minimum absolute atomic E-state index is 0.414. The van der Waals surface area contributed by atoms with Crippen molar-refractivity contribution in [1.82, 2.24) is 0 Å². The highest BCUT2D eigenvalue weighted by atomic mass is 35.5. The zero-order valence-electron chi connectivity index (χ0n) is 11.0. The quantitative estimate of drug-likeness (QED) is 0.676. The number of aliphatic hydroxyl groups is 1. The summed E-state index contributed by atoms with van der Waals surface area (Å²) < 4.78 is -1.77. The molecule has 0 bridgehead atoms. The van der Waals surface area contributed by atoms with Crippen molar-refractivity contribution in [3.8, 4) is 0 Å². The maximum Gasteiger partial charge on any atom is 0.208 e. The molecule has 0 spiro atoms. The van der Waals surface area contributed by atoms with Crippen molar-refractivity contribution in [1.29, 1.82) is 0 Å². The van der Waals surface area contributed by atoms with Crippen LogP contribution in [0.5, 0.6) is 0 Å². The molecule has 19 heavy (non-hydrogen) atoms. The van der Waals surface area contributed by atoms with E-state index in [1.54, 1.807) is 12.1 Å². The number of halogens is 2. The zero-order valence-corrected chi connectivity index (χ0v) is 12.5. The first kappa shape index (κ1) is 14.8. The summed E-state index contributed by atoms with van der Waals surface area (Å²) in [6, 6.07) is 7.21. The summed E-state index contributed by atoms with van der Waals surface area (Å²) in [6.45, 7) is 2.05. The normalized spacial score (nSPS) is 18.5. The van der Waals surface area contributed by atoms with Crippen molar-refractivity contribution in [2.45, 2.75) is 49.0 Å². The molecule has 0 radical (unpaired) electrons. The van der Waals surface area contributed by atoms with Gasteiger partial charge in [0, 0.05) is 5.56 Å². The number of ketones is 1. The Balaban J connectivity index is 2.26. The van der Waals surface area contributed by atoms with Crippen molar-refractivity contribution in [2.24, 2.45) is 0 Å². The molecule has 1 fully saturated rings. The van der Waals surface area contributed by atoms with Crippen molar-refractivity contribution in [3.63, 3.8) is 0 Å². The highest BCUT2D eigenvalue weighted by Gasteiger charge is 2.54. The van der Waals surface area contributed by atoms with Gasteiger partial charge in [-0.2, -0.15) is 0 Å². The lowest BCUT2D eigenvalue weighted by Gasteiger charge is -2.34. The van der Waals surface area contributed by atoms with E-state index in [1.165, 1.54) is 0 Å². The smallest absolute Gasteiger partial charge is 0.208 e. The number of Topliss-reactive ketones (excluding diaryl/α,β-unsaturated/α-hetero) is 1. The zero-order chi connectivity index (χ0) is 14.1. The monoisotopic (exact) mass is 300 g/mol.